The first-order chi connectivity index (χ1) is 20.8. The molecule has 0 bridgehead atoms. The van der Waals surface area contributed by atoms with E-state index in [9.17, 15) is 0 Å². The van der Waals surface area contributed by atoms with Crippen molar-refractivity contribution >= 4 is 65.3 Å². The second-order valence-electron chi connectivity index (χ2n) is 10.7. The molecule has 42 heavy (non-hydrogen) atoms. The third-order valence-corrected chi connectivity index (χ3v) is 8.29. The van der Waals surface area contributed by atoms with Gasteiger partial charge in [0.05, 0.1) is 33.3 Å². The van der Waals surface area contributed by atoms with Crippen molar-refractivity contribution in [2.24, 2.45) is 0 Å². The number of benzene rings is 5. The average molecular weight is 535 g/mol. The van der Waals surface area contributed by atoms with Crippen LogP contribution in [0.2, 0.25) is 0 Å². The van der Waals surface area contributed by atoms with Crippen molar-refractivity contribution in [3.05, 3.63) is 134 Å². The maximum Gasteiger partial charge on any atom is 0.0973 e. The van der Waals surface area contributed by atoms with Crippen LogP contribution < -0.4 is 0 Å². The van der Waals surface area contributed by atoms with E-state index in [2.05, 4.69) is 114 Å². The largest absolute Gasteiger partial charge is 0.254 e. The first-order valence-corrected chi connectivity index (χ1v) is 14.1. The summed E-state index contributed by atoms with van der Waals surface area (Å²) in [4.78, 5) is 19.7. The molecule has 4 heterocycles. The third kappa shape index (κ3) is 3.49. The van der Waals surface area contributed by atoms with E-state index in [1.807, 2.05) is 24.5 Å². The molecule has 9 aromatic rings. The number of hydrogen-bond acceptors (Lipinski definition) is 4. The number of nitrogens with zero attached hydrogens (tertiary/aromatic N) is 4. The van der Waals surface area contributed by atoms with E-state index in [1.54, 1.807) is 0 Å². The van der Waals surface area contributed by atoms with Crippen LogP contribution in [0.15, 0.2) is 134 Å². The first kappa shape index (κ1) is 23.0. The van der Waals surface area contributed by atoms with Crippen LogP contribution in [-0.4, -0.2) is 19.9 Å². The molecule has 4 heteroatoms. The topological polar surface area (TPSA) is 51.6 Å². The minimum Gasteiger partial charge on any atom is -0.254 e. The maximum absolute atomic E-state index is 5.19. The molecule has 0 amide bonds. The molecule has 9 rings (SSSR count). The first-order valence-electron chi connectivity index (χ1n) is 14.1. The molecular weight excluding hydrogens is 512 g/mol. The summed E-state index contributed by atoms with van der Waals surface area (Å²) in [5.74, 6) is 0. The molecule has 0 unspecified atom stereocenters. The van der Waals surface area contributed by atoms with Crippen molar-refractivity contribution < 1.29 is 0 Å². The third-order valence-electron chi connectivity index (χ3n) is 8.29. The Kier molecular flexibility index (Phi) is 4.87. The zero-order valence-electron chi connectivity index (χ0n) is 22.5. The van der Waals surface area contributed by atoms with E-state index >= 15 is 0 Å². The second kappa shape index (κ2) is 8.88. The highest BCUT2D eigenvalue weighted by Gasteiger charge is 2.14. The zero-order chi connectivity index (χ0) is 27.6. The van der Waals surface area contributed by atoms with E-state index in [0.29, 0.717) is 0 Å². The Bertz CT molecular complexity index is 2520. The molecule has 194 valence electrons. The van der Waals surface area contributed by atoms with Crippen molar-refractivity contribution in [2.75, 3.05) is 0 Å². The van der Waals surface area contributed by atoms with E-state index in [0.717, 1.165) is 82.3 Å². The van der Waals surface area contributed by atoms with Crippen molar-refractivity contribution in [2.45, 2.75) is 0 Å². The van der Waals surface area contributed by atoms with Gasteiger partial charge in [-0.1, -0.05) is 91.0 Å². The summed E-state index contributed by atoms with van der Waals surface area (Å²) in [6, 6.07) is 42.5. The molecule has 4 nitrogen and oxygen atoms in total. The summed E-state index contributed by atoms with van der Waals surface area (Å²) in [6.07, 6.45) is 3.68. The number of pyridine rings is 4. The normalized spacial score (nSPS) is 11.8. The van der Waals surface area contributed by atoms with E-state index in [4.69, 9.17) is 15.0 Å². The highest BCUT2D eigenvalue weighted by molar-refractivity contribution is 6.15. The molecule has 0 fully saturated rings. The molecule has 0 aliphatic carbocycles. The Hall–Kier alpha value is -5.74. The molecule has 0 saturated carbocycles. The highest BCUT2D eigenvalue weighted by Crippen LogP contribution is 2.36. The molecule has 0 radical (unpaired) electrons. The van der Waals surface area contributed by atoms with Crippen LogP contribution in [0.4, 0.5) is 0 Å². The maximum atomic E-state index is 5.19. The Labute approximate surface area is 241 Å². The van der Waals surface area contributed by atoms with Crippen LogP contribution in [-0.2, 0) is 0 Å². The quantitative estimate of drug-likeness (QED) is 0.164. The summed E-state index contributed by atoms with van der Waals surface area (Å²) in [5, 5.41) is 7.83. The molecule has 0 aliphatic heterocycles. The number of hydrogen-bond donors (Lipinski definition) is 0. The summed E-state index contributed by atoms with van der Waals surface area (Å²) >= 11 is 0. The molecule has 0 aliphatic rings. The lowest BCUT2D eigenvalue weighted by Crippen LogP contribution is -1.91. The minimum absolute atomic E-state index is 0.916. The van der Waals surface area contributed by atoms with Crippen molar-refractivity contribution in [3.8, 4) is 22.4 Å². The van der Waals surface area contributed by atoms with Gasteiger partial charge < -0.3 is 0 Å². The van der Waals surface area contributed by atoms with Gasteiger partial charge in [0.25, 0.3) is 0 Å². The fourth-order valence-corrected chi connectivity index (χ4v) is 6.21. The number of aromatic nitrogens is 4. The van der Waals surface area contributed by atoms with Crippen molar-refractivity contribution in [1.82, 2.24) is 19.9 Å². The summed E-state index contributed by atoms with van der Waals surface area (Å²) in [6.45, 7) is 0. The van der Waals surface area contributed by atoms with Gasteiger partial charge in [-0.05, 0) is 46.8 Å². The standard InChI is InChI=1S/C38H22N4/c1-2-7-30-23(5-1)11-16-28-21-29-22-32(31-8-4-20-40-38(31)37(29)42-34(28)30)24-9-12-25(13-10-24)33-18-17-27-15-14-26-6-3-19-39-35(26)36(27)41-33/h1-22H. The van der Waals surface area contributed by atoms with E-state index in [1.165, 1.54) is 5.39 Å². The van der Waals surface area contributed by atoms with Gasteiger partial charge in [-0.2, -0.15) is 0 Å². The van der Waals surface area contributed by atoms with E-state index in [-0.39, 0.29) is 0 Å². The zero-order valence-corrected chi connectivity index (χ0v) is 22.5. The average Bonchev–Trinajstić information content (AvgIpc) is 3.07. The van der Waals surface area contributed by atoms with Gasteiger partial charge >= 0.3 is 0 Å². The Morgan fingerprint density at radius 2 is 1.00 bits per heavy atom. The Balaban J connectivity index is 1.20. The SMILES string of the molecule is c1ccc2c(c1)ccc1cc3cc(-c4ccc(-c5ccc6ccc7cccnc7c6n5)cc4)c4cccnc4c3nc12. The molecule has 5 aromatic carbocycles. The molecule has 0 spiro atoms. The van der Waals surface area contributed by atoms with Gasteiger partial charge in [0.2, 0.25) is 0 Å². The van der Waals surface area contributed by atoms with Crippen LogP contribution >= 0.6 is 0 Å². The lowest BCUT2D eigenvalue weighted by atomic mass is 9.95. The van der Waals surface area contributed by atoms with E-state index < -0.39 is 0 Å². The van der Waals surface area contributed by atoms with Crippen LogP contribution in [0.5, 0.6) is 0 Å². The molecule has 4 aromatic heterocycles. The predicted molar refractivity (Wildman–Crippen MR) is 174 cm³/mol. The second-order valence-corrected chi connectivity index (χ2v) is 10.7. The summed E-state index contributed by atoms with van der Waals surface area (Å²) in [5.41, 5.74) is 8.97. The predicted octanol–water partition coefficient (Wildman–Crippen LogP) is 9.52. The van der Waals surface area contributed by atoms with Crippen LogP contribution in [0.25, 0.3) is 87.7 Å². The minimum atomic E-state index is 0.916. The monoisotopic (exact) mass is 534 g/mol. The Morgan fingerprint density at radius 3 is 1.90 bits per heavy atom. The number of fused-ring (bicyclic) bond motifs is 9. The Morgan fingerprint density at radius 1 is 0.357 bits per heavy atom. The molecule has 0 N–H and O–H groups in total. The highest BCUT2D eigenvalue weighted by atomic mass is 14.8. The van der Waals surface area contributed by atoms with Gasteiger partial charge in [0.1, 0.15) is 0 Å². The van der Waals surface area contributed by atoms with Gasteiger partial charge in [0, 0.05) is 50.3 Å². The van der Waals surface area contributed by atoms with Gasteiger partial charge in [-0.15, -0.1) is 0 Å². The van der Waals surface area contributed by atoms with Crippen molar-refractivity contribution in [1.29, 1.82) is 0 Å². The van der Waals surface area contributed by atoms with Crippen LogP contribution in [0, 0.1) is 0 Å². The molecule has 0 saturated heterocycles. The van der Waals surface area contributed by atoms with Crippen LogP contribution in [0.1, 0.15) is 0 Å². The fourth-order valence-electron chi connectivity index (χ4n) is 6.21. The van der Waals surface area contributed by atoms with Gasteiger partial charge in [-0.25, -0.2) is 9.97 Å². The smallest absolute Gasteiger partial charge is 0.0973 e. The van der Waals surface area contributed by atoms with Crippen molar-refractivity contribution in [3.63, 3.8) is 0 Å². The lowest BCUT2D eigenvalue weighted by Gasteiger charge is -2.12. The summed E-state index contributed by atoms with van der Waals surface area (Å²) < 4.78 is 0. The lowest BCUT2D eigenvalue weighted by molar-refractivity contribution is 1.37. The molecule has 0 atom stereocenters. The van der Waals surface area contributed by atoms with Gasteiger partial charge in [0.15, 0.2) is 0 Å². The van der Waals surface area contributed by atoms with Gasteiger partial charge in [-0.3, -0.25) is 9.97 Å². The fraction of sp³-hybridized carbons (Fsp3) is 0. The molecular formula is C38H22N4. The number of rotatable bonds is 2. The summed E-state index contributed by atoms with van der Waals surface area (Å²) in [7, 11) is 0. The van der Waals surface area contributed by atoms with Crippen LogP contribution in [0.3, 0.4) is 0 Å².